The molecule has 1 heterocycles. The highest BCUT2D eigenvalue weighted by Crippen LogP contribution is 2.26. The van der Waals surface area contributed by atoms with Gasteiger partial charge in [-0.3, -0.25) is 9.78 Å². The number of nitrogens with zero attached hydrogens (tertiary/aromatic N) is 1. The third-order valence-corrected chi connectivity index (χ3v) is 2.89. The van der Waals surface area contributed by atoms with Crippen molar-refractivity contribution in [3.63, 3.8) is 0 Å². The Hall–Kier alpha value is -2.47. The summed E-state index contributed by atoms with van der Waals surface area (Å²) in [6.07, 6.45) is 3.10. The van der Waals surface area contributed by atoms with Crippen LogP contribution >= 0.6 is 12.2 Å². The number of carbonyl (C=O) groups excluding carboxylic acids is 1. The van der Waals surface area contributed by atoms with Crippen molar-refractivity contribution in [3.8, 4) is 5.75 Å². The molecule has 20 heavy (non-hydrogen) atoms. The minimum Gasteiger partial charge on any atom is -0.495 e. The molecule has 102 valence electrons. The number of thiocarbonyl (C=S) groups is 1. The van der Waals surface area contributed by atoms with Crippen LogP contribution in [0.15, 0.2) is 42.7 Å². The van der Waals surface area contributed by atoms with Crippen LogP contribution in [0.1, 0.15) is 15.9 Å². The largest absolute Gasteiger partial charge is 0.495 e. The zero-order chi connectivity index (χ0) is 14.5. The van der Waals surface area contributed by atoms with E-state index in [4.69, 9.17) is 22.7 Å². The van der Waals surface area contributed by atoms with Gasteiger partial charge in [-0.05, 0) is 30.3 Å². The Kier molecular flexibility index (Phi) is 4.27. The lowest BCUT2D eigenvalue weighted by molar-refractivity contribution is 0.102. The van der Waals surface area contributed by atoms with Crippen LogP contribution in [0.3, 0.4) is 0 Å². The molecule has 1 amide bonds. The number of aromatic nitrogens is 1. The summed E-state index contributed by atoms with van der Waals surface area (Å²) >= 11 is 4.90. The summed E-state index contributed by atoms with van der Waals surface area (Å²) < 4.78 is 5.23. The molecule has 3 N–H and O–H groups in total. The highest BCUT2D eigenvalue weighted by atomic mass is 32.1. The van der Waals surface area contributed by atoms with E-state index in [0.717, 1.165) is 0 Å². The van der Waals surface area contributed by atoms with Gasteiger partial charge in [0.2, 0.25) is 0 Å². The maximum atomic E-state index is 12.0. The standard InChI is InChI=1S/C14H13N3O2S/c1-19-12-7-9(13(15)20)4-5-11(12)17-14(18)10-3-2-6-16-8-10/h2-8H,1H3,(H2,15,20)(H,17,18). The summed E-state index contributed by atoms with van der Waals surface area (Å²) in [5.41, 5.74) is 7.25. The Bertz CT molecular complexity index is 644. The average molecular weight is 287 g/mol. The molecule has 1 aromatic heterocycles. The number of benzene rings is 1. The maximum Gasteiger partial charge on any atom is 0.257 e. The molecule has 1 aromatic carbocycles. The number of anilines is 1. The molecule has 6 heteroatoms. The van der Waals surface area contributed by atoms with E-state index < -0.39 is 0 Å². The van der Waals surface area contributed by atoms with E-state index in [-0.39, 0.29) is 10.9 Å². The van der Waals surface area contributed by atoms with Crippen LogP contribution in [0.25, 0.3) is 0 Å². The molecule has 5 nitrogen and oxygen atoms in total. The van der Waals surface area contributed by atoms with Gasteiger partial charge in [0, 0.05) is 18.0 Å². The Morgan fingerprint density at radius 3 is 2.75 bits per heavy atom. The summed E-state index contributed by atoms with van der Waals surface area (Å²) in [5.74, 6) is 0.229. The summed E-state index contributed by atoms with van der Waals surface area (Å²) in [4.78, 5) is 16.2. The van der Waals surface area contributed by atoms with E-state index in [1.807, 2.05) is 0 Å². The molecular formula is C14H13N3O2S. The van der Waals surface area contributed by atoms with Gasteiger partial charge in [-0.1, -0.05) is 12.2 Å². The molecule has 0 saturated heterocycles. The van der Waals surface area contributed by atoms with Gasteiger partial charge in [0.15, 0.2) is 0 Å². The van der Waals surface area contributed by atoms with Gasteiger partial charge < -0.3 is 15.8 Å². The molecule has 0 bridgehead atoms. The first kappa shape index (κ1) is 14.0. The van der Waals surface area contributed by atoms with Gasteiger partial charge in [0.1, 0.15) is 10.7 Å². The van der Waals surface area contributed by atoms with E-state index in [1.54, 1.807) is 36.5 Å². The minimum absolute atomic E-state index is 0.264. The molecular weight excluding hydrogens is 274 g/mol. The fraction of sp³-hybridized carbons (Fsp3) is 0.0714. The van der Waals surface area contributed by atoms with Crippen molar-refractivity contribution in [3.05, 3.63) is 53.9 Å². The SMILES string of the molecule is COc1cc(C(N)=S)ccc1NC(=O)c1cccnc1. The Morgan fingerprint density at radius 1 is 1.35 bits per heavy atom. The summed E-state index contributed by atoms with van der Waals surface area (Å²) in [5, 5.41) is 2.76. The zero-order valence-electron chi connectivity index (χ0n) is 10.8. The first-order valence-corrected chi connectivity index (χ1v) is 6.22. The number of carbonyl (C=O) groups is 1. The van der Waals surface area contributed by atoms with Gasteiger partial charge in [-0.15, -0.1) is 0 Å². The monoisotopic (exact) mass is 287 g/mol. The molecule has 2 aromatic rings. The van der Waals surface area contributed by atoms with Crippen LogP contribution in [0, 0.1) is 0 Å². The predicted molar refractivity (Wildman–Crippen MR) is 81.1 cm³/mol. The number of hydrogen-bond donors (Lipinski definition) is 2. The van der Waals surface area contributed by atoms with Crippen molar-refractivity contribution < 1.29 is 9.53 Å². The molecule has 0 unspecified atom stereocenters. The minimum atomic E-state index is -0.264. The summed E-state index contributed by atoms with van der Waals surface area (Å²) in [6, 6.07) is 8.48. The van der Waals surface area contributed by atoms with Crippen molar-refractivity contribution in [1.29, 1.82) is 0 Å². The summed E-state index contributed by atoms with van der Waals surface area (Å²) in [7, 11) is 1.51. The second kappa shape index (κ2) is 6.12. The molecule has 0 spiro atoms. The fourth-order valence-corrected chi connectivity index (χ4v) is 1.77. The number of hydrogen-bond acceptors (Lipinski definition) is 4. The highest BCUT2D eigenvalue weighted by Gasteiger charge is 2.11. The van der Waals surface area contributed by atoms with Gasteiger partial charge in [0.25, 0.3) is 5.91 Å². The average Bonchev–Trinajstić information content (AvgIpc) is 2.48. The predicted octanol–water partition coefficient (Wildman–Crippen LogP) is 1.98. The lowest BCUT2D eigenvalue weighted by atomic mass is 10.1. The Balaban J connectivity index is 2.25. The van der Waals surface area contributed by atoms with Crippen molar-refractivity contribution in [2.45, 2.75) is 0 Å². The quantitative estimate of drug-likeness (QED) is 0.841. The first-order chi connectivity index (χ1) is 9.61. The normalized spacial score (nSPS) is 9.85. The maximum absolute atomic E-state index is 12.0. The van der Waals surface area contributed by atoms with Crippen LogP contribution in [0.4, 0.5) is 5.69 Å². The Labute approximate surface area is 121 Å². The third-order valence-electron chi connectivity index (χ3n) is 2.66. The number of pyridine rings is 1. The number of nitrogens with one attached hydrogen (secondary N) is 1. The van der Waals surface area contributed by atoms with E-state index in [1.165, 1.54) is 13.3 Å². The number of ether oxygens (including phenoxy) is 1. The molecule has 0 radical (unpaired) electrons. The fourth-order valence-electron chi connectivity index (χ4n) is 1.64. The number of amides is 1. The van der Waals surface area contributed by atoms with Crippen molar-refractivity contribution in [2.75, 3.05) is 12.4 Å². The topological polar surface area (TPSA) is 77.2 Å². The number of nitrogens with two attached hydrogens (primary N) is 1. The lowest BCUT2D eigenvalue weighted by Gasteiger charge is -2.11. The smallest absolute Gasteiger partial charge is 0.257 e. The van der Waals surface area contributed by atoms with E-state index in [9.17, 15) is 4.79 Å². The van der Waals surface area contributed by atoms with Gasteiger partial charge in [0.05, 0.1) is 18.4 Å². The first-order valence-electron chi connectivity index (χ1n) is 5.81. The second-order valence-corrected chi connectivity index (χ2v) is 4.41. The van der Waals surface area contributed by atoms with Crippen LogP contribution in [0.5, 0.6) is 5.75 Å². The van der Waals surface area contributed by atoms with E-state index >= 15 is 0 Å². The molecule has 0 atom stereocenters. The summed E-state index contributed by atoms with van der Waals surface area (Å²) in [6.45, 7) is 0. The van der Waals surface area contributed by atoms with Crippen molar-refractivity contribution in [2.24, 2.45) is 5.73 Å². The number of methoxy groups -OCH3 is 1. The number of rotatable bonds is 4. The van der Waals surface area contributed by atoms with Crippen LogP contribution in [0.2, 0.25) is 0 Å². The second-order valence-electron chi connectivity index (χ2n) is 3.98. The third kappa shape index (κ3) is 3.10. The van der Waals surface area contributed by atoms with Gasteiger partial charge in [-0.25, -0.2) is 0 Å². The molecule has 0 saturated carbocycles. The Morgan fingerprint density at radius 2 is 2.15 bits per heavy atom. The molecule has 0 fully saturated rings. The molecule has 2 rings (SSSR count). The van der Waals surface area contributed by atoms with Crippen LogP contribution < -0.4 is 15.8 Å². The van der Waals surface area contributed by atoms with Gasteiger partial charge >= 0.3 is 0 Å². The van der Waals surface area contributed by atoms with E-state index in [0.29, 0.717) is 22.6 Å². The lowest BCUT2D eigenvalue weighted by Crippen LogP contribution is -2.14. The van der Waals surface area contributed by atoms with Crippen LogP contribution in [-0.4, -0.2) is 23.0 Å². The molecule has 0 aliphatic carbocycles. The highest BCUT2D eigenvalue weighted by molar-refractivity contribution is 7.80. The molecule has 0 aliphatic rings. The van der Waals surface area contributed by atoms with Crippen molar-refractivity contribution in [1.82, 2.24) is 4.98 Å². The van der Waals surface area contributed by atoms with E-state index in [2.05, 4.69) is 10.3 Å². The van der Waals surface area contributed by atoms with Crippen LogP contribution in [-0.2, 0) is 0 Å². The zero-order valence-corrected chi connectivity index (χ0v) is 11.6. The van der Waals surface area contributed by atoms with Crippen molar-refractivity contribution >= 4 is 28.8 Å². The van der Waals surface area contributed by atoms with Gasteiger partial charge in [-0.2, -0.15) is 0 Å². The molecule has 0 aliphatic heterocycles.